The van der Waals surface area contributed by atoms with Crippen molar-refractivity contribution in [3.05, 3.63) is 46.6 Å². The molecule has 33 heavy (non-hydrogen) atoms. The summed E-state index contributed by atoms with van der Waals surface area (Å²) in [5.41, 5.74) is 2.42. The Labute approximate surface area is 199 Å². The van der Waals surface area contributed by atoms with Gasteiger partial charge in [0.15, 0.2) is 0 Å². The number of urea groups is 1. The lowest BCUT2D eigenvalue weighted by Crippen LogP contribution is -2.47. The summed E-state index contributed by atoms with van der Waals surface area (Å²) in [5.74, 6) is -0.986. The number of hydrogen-bond acceptors (Lipinski definition) is 5. The van der Waals surface area contributed by atoms with Gasteiger partial charge in [-0.15, -0.1) is 0 Å². The topological polar surface area (TPSA) is 110 Å². The Hall–Kier alpha value is -2.56. The maximum Gasteiger partial charge on any atom is 0.321 e. The maximum absolute atomic E-state index is 13.2. The Bertz CT molecular complexity index is 1080. The van der Waals surface area contributed by atoms with Gasteiger partial charge in [-0.2, -0.15) is 4.31 Å². The van der Waals surface area contributed by atoms with E-state index in [4.69, 9.17) is 16.7 Å². The molecular formula is C22H29ClN4O5S. The summed E-state index contributed by atoms with van der Waals surface area (Å²) < 4.78 is 27.9. The molecule has 1 fully saturated rings. The molecule has 0 radical (unpaired) electrons. The molecule has 0 unspecified atom stereocenters. The van der Waals surface area contributed by atoms with Crippen LogP contribution >= 0.6 is 11.6 Å². The van der Waals surface area contributed by atoms with Gasteiger partial charge in [-0.25, -0.2) is 13.2 Å². The Morgan fingerprint density at radius 3 is 2.52 bits per heavy atom. The summed E-state index contributed by atoms with van der Waals surface area (Å²) in [6, 6.07) is 4.43. The third-order valence-corrected chi connectivity index (χ3v) is 8.03. The van der Waals surface area contributed by atoms with Gasteiger partial charge in [0.2, 0.25) is 10.0 Å². The number of hydrogen-bond donors (Lipinski definition) is 2. The first-order chi connectivity index (χ1) is 15.6. The van der Waals surface area contributed by atoms with E-state index >= 15 is 0 Å². The number of allylic oxidation sites excluding steroid dienone is 4. The van der Waals surface area contributed by atoms with Crippen molar-refractivity contribution in [2.75, 3.05) is 44.2 Å². The zero-order valence-corrected chi connectivity index (χ0v) is 20.3. The molecule has 0 saturated carbocycles. The lowest BCUT2D eigenvalue weighted by molar-refractivity contribution is -0.136. The SMILES string of the molecule is CC=C(Cl)C=C(C)N1CCN(S(=O)(=O)c2ccc3c(c2)CCN3C(=O)NCCC(=O)O)CC1. The zero-order chi connectivity index (χ0) is 24.2. The molecule has 1 aromatic rings. The molecule has 0 aliphatic carbocycles. The van der Waals surface area contributed by atoms with E-state index in [1.807, 2.05) is 19.9 Å². The highest BCUT2D eigenvalue weighted by Crippen LogP contribution is 2.31. The summed E-state index contributed by atoms with van der Waals surface area (Å²) in [5, 5.41) is 11.9. The van der Waals surface area contributed by atoms with Gasteiger partial charge in [0.1, 0.15) is 0 Å². The number of nitrogens with zero attached hydrogens (tertiary/aromatic N) is 3. The average molecular weight is 497 g/mol. The number of halogens is 1. The van der Waals surface area contributed by atoms with Crippen molar-refractivity contribution in [3.8, 4) is 0 Å². The molecule has 11 heteroatoms. The summed E-state index contributed by atoms with van der Waals surface area (Å²) >= 11 is 6.07. The van der Waals surface area contributed by atoms with Crippen molar-refractivity contribution in [2.45, 2.75) is 31.6 Å². The molecular weight excluding hydrogens is 468 g/mol. The van der Waals surface area contributed by atoms with Crippen LogP contribution in [0.4, 0.5) is 10.5 Å². The van der Waals surface area contributed by atoms with Gasteiger partial charge >= 0.3 is 12.0 Å². The maximum atomic E-state index is 13.2. The molecule has 9 nitrogen and oxygen atoms in total. The quantitative estimate of drug-likeness (QED) is 0.561. The number of amides is 2. The summed E-state index contributed by atoms with van der Waals surface area (Å²) in [4.78, 5) is 26.8. The van der Waals surface area contributed by atoms with Crippen LogP contribution in [0.15, 0.2) is 46.0 Å². The number of carboxylic acids is 1. The van der Waals surface area contributed by atoms with E-state index in [9.17, 15) is 18.0 Å². The van der Waals surface area contributed by atoms with Gasteiger partial charge in [0.05, 0.1) is 11.3 Å². The molecule has 0 spiro atoms. The van der Waals surface area contributed by atoms with Crippen molar-refractivity contribution in [1.29, 1.82) is 0 Å². The van der Waals surface area contributed by atoms with Crippen LogP contribution in [0.5, 0.6) is 0 Å². The molecule has 2 aliphatic heterocycles. The fourth-order valence-electron chi connectivity index (χ4n) is 3.93. The Morgan fingerprint density at radius 2 is 1.88 bits per heavy atom. The molecule has 1 aromatic carbocycles. The van der Waals surface area contributed by atoms with E-state index in [2.05, 4.69) is 10.2 Å². The molecule has 0 atom stereocenters. The number of sulfonamides is 1. The highest BCUT2D eigenvalue weighted by molar-refractivity contribution is 7.89. The van der Waals surface area contributed by atoms with E-state index in [0.717, 1.165) is 11.3 Å². The Balaban J connectivity index is 1.67. The zero-order valence-electron chi connectivity index (χ0n) is 18.8. The Morgan fingerprint density at radius 1 is 1.18 bits per heavy atom. The lowest BCUT2D eigenvalue weighted by atomic mass is 10.2. The van der Waals surface area contributed by atoms with E-state index < -0.39 is 16.0 Å². The van der Waals surface area contributed by atoms with Crippen molar-refractivity contribution in [2.24, 2.45) is 0 Å². The predicted molar refractivity (Wildman–Crippen MR) is 127 cm³/mol. The highest BCUT2D eigenvalue weighted by atomic mass is 35.5. The van der Waals surface area contributed by atoms with Gasteiger partial charge in [-0.1, -0.05) is 17.7 Å². The van der Waals surface area contributed by atoms with Gasteiger partial charge in [-0.3, -0.25) is 9.69 Å². The number of piperazine rings is 1. The van der Waals surface area contributed by atoms with Crippen LogP contribution in [-0.2, 0) is 21.2 Å². The van der Waals surface area contributed by atoms with E-state index in [1.54, 1.807) is 18.2 Å². The van der Waals surface area contributed by atoms with Crippen molar-refractivity contribution >= 4 is 39.3 Å². The van der Waals surface area contributed by atoms with Gasteiger partial charge in [-0.05, 0) is 50.1 Å². The molecule has 2 amide bonds. The number of carbonyl (C=O) groups is 2. The van der Waals surface area contributed by atoms with Crippen molar-refractivity contribution < 1.29 is 23.1 Å². The molecule has 0 bridgehead atoms. The van der Waals surface area contributed by atoms with Gasteiger partial charge in [0, 0.05) is 55.7 Å². The number of fused-ring (bicyclic) bond motifs is 1. The first kappa shape index (κ1) is 25.1. The second-order valence-corrected chi connectivity index (χ2v) is 10.3. The fraction of sp³-hybridized carbons (Fsp3) is 0.455. The van der Waals surface area contributed by atoms with Crippen LogP contribution in [0.2, 0.25) is 0 Å². The van der Waals surface area contributed by atoms with E-state index in [-0.39, 0.29) is 23.9 Å². The summed E-state index contributed by atoms with van der Waals surface area (Å²) in [6.07, 6.45) is 4.05. The number of aliphatic carboxylic acids is 1. The molecule has 3 rings (SSSR count). The van der Waals surface area contributed by atoms with Crippen LogP contribution in [0, 0.1) is 0 Å². The first-order valence-electron chi connectivity index (χ1n) is 10.8. The second kappa shape index (κ2) is 10.6. The fourth-order valence-corrected chi connectivity index (χ4v) is 5.56. The standard InChI is InChI=1S/C22H29ClN4O5S/c1-3-18(23)14-16(2)25-10-12-26(13-11-25)33(31,32)19-4-5-20-17(15-19)7-9-27(20)22(30)24-8-6-21(28)29/h3-5,14-15H,6-13H2,1-2H3,(H,24,30)(H,28,29). The molecule has 1 saturated heterocycles. The predicted octanol–water partition coefficient (Wildman–Crippen LogP) is 2.59. The average Bonchev–Trinajstić information content (AvgIpc) is 3.22. The number of carbonyl (C=O) groups excluding carboxylic acids is 1. The molecule has 2 aliphatic rings. The van der Waals surface area contributed by atoms with Gasteiger partial charge < -0.3 is 15.3 Å². The molecule has 180 valence electrons. The minimum Gasteiger partial charge on any atom is -0.481 e. The van der Waals surface area contributed by atoms with Crippen LogP contribution < -0.4 is 10.2 Å². The second-order valence-electron chi connectivity index (χ2n) is 7.92. The summed E-state index contributed by atoms with van der Waals surface area (Å²) in [6.45, 7) is 6.16. The van der Waals surface area contributed by atoms with E-state index in [1.165, 1.54) is 15.3 Å². The highest BCUT2D eigenvalue weighted by Gasteiger charge is 2.31. The monoisotopic (exact) mass is 496 g/mol. The smallest absolute Gasteiger partial charge is 0.321 e. The number of anilines is 1. The molecule has 2 heterocycles. The van der Waals surface area contributed by atoms with Crippen molar-refractivity contribution in [1.82, 2.24) is 14.5 Å². The van der Waals surface area contributed by atoms with Crippen LogP contribution in [0.1, 0.15) is 25.8 Å². The normalized spacial score (nSPS) is 17.8. The van der Waals surface area contributed by atoms with Crippen molar-refractivity contribution in [3.63, 3.8) is 0 Å². The third-order valence-electron chi connectivity index (χ3n) is 5.80. The van der Waals surface area contributed by atoms with Crippen LogP contribution in [0.3, 0.4) is 0 Å². The molecule has 0 aromatic heterocycles. The molecule has 2 N–H and O–H groups in total. The minimum absolute atomic E-state index is 0.0358. The number of nitrogens with one attached hydrogen (secondary N) is 1. The lowest BCUT2D eigenvalue weighted by Gasteiger charge is -2.35. The summed E-state index contributed by atoms with van der Waals surface area (Å²) in [7, 11) is -3.66. The number of benzene rings is 1. The third kappa shape index (κ3) is 5.87. The van der Waals surface area contributed by atoms with E-state index in [0.29, 0.717) is 49.9 Å². The van der Waals surface area contributed by atoms with Gasteiger partial charge in [0.25, 0.3) is 0 Å². The Kier molecular flexibility index (Phi) is 8.04. The number of rotatable bonds is 7. The first-order valence-corrected chi connectivity index (χ1v) is 12.6. The largest absolute Gasteiger partial charge is 0.481 e. The van der Waals surface area contributed by atoms with Crippen LogP contribution in [-0.4, -0.2) is 74.0 Å². The minimum atomic E-state index is -3.66. The number of carboxylic acid groups (broad SMARTS) is 1. The van der Waals surface area contributed by atoms with Crippen LogP contribution in [0.25, 0.3) is 0 Å².